The number of fused-ring (bicyclic) bond motifs is 3. The summed E-state index contributed by atoms with van der Waals surface area (Å²) in [5.41, 5.74) is 2.34. The summed E-state index contributed by atoms with van der Waals surface area (Å²) >= 11 is 0. The van der Waals surface area contributed by atoms with Crippen LogP contribution in [-0.4, -0.2) is 6.79 Å². The molecule has 1 heterocycles. The fourth-order valence-electron chi connectivity index (χ4n) is 3.50. The second-order valence-corrected chi connectivity index (χ2v) is 6.22. The molecule has 25 heavy (non-hydrogen) atoms. The Morgan fingerprint density at radius 3 is 2.16 bits per heavy atom. The third kappa shape index (κ3) is 2.45. The van der Waals surface area contributed by atoms with E-state index in [-0.39, 0.29) is 0 Å². The molecule has 1 aliphatic heterocycles. The van der Waals surface area contributed by atoms with Gasteiger partial charge in [-0.2, -0.15) is 0 Å². The fourth-order valence-corrected chi connectivity index (χ4v) is 3.50. The van der Waals surface area contributed by atoms with Crippen molar-refractivity contribution in [3.63, 3.8) is 0 Å². The van der Waals surface area contributed by atoms with Crippen LogP contribution < -0.4 is 14.8 Å². The molecule has 3 nitrogen and oxygen atoms in total. The Bertz CT molecular complexity index is 1030. The van der Waals surface area contributed by atoms with Gasteiger partial charge in [0.05, 0.1) is 0 Å². The van der Waals surface area contributed by atoms with Gasteiger partial charge in [-0.25, -0.2) is 0 Å². The summed E-state index contributed by atoms with van der Waals surface area (Å²) in [6.07, 6.45) is 0. The lowest BCUT2D eigenvalue weighted by atomic mass is 9.96. The first-order valence-corrected chi connectivity index (χ1v) is 8.41. The molecule has 0 unspecified atom stereocenters. The predicted molar refractivity (Wildman–Crippen MR) is 101 cm³/mol. The van der Waals surface area contributed by atoms with Crippen LogP contribution in [0.1, 0.15) is 5.56 Å². The summed E-state index contributed by atoms with van der Waals surface area (Å²) in [7, 11) is 0. The molecule has 3 heteroatoms. The number of benzene rings is 4. The highest BCUT2D eigenvalue weighted by Gasteiger charge is 2.13. The maximum atomic E-state index is 5.47. The smallest absolute Gasteiger partial charge is 0.231 e. The van der Waals surface area contributed by atoms with Gasteiger partial charge in [0.15, 0.2) is 11.5 Å². The molecule has 1 N–H and O–H groups in total. The molecule has 0 atom stereocenters. The highest BCUT2D eigenvalue weighted by Crippen LogP contribution is 2.35. The van der Waals surface area contributed by atoms with Gasteiger partial charge in [0.25, 0.3) is 0 Å². The van der Waals surface area contributed by atoms with E-state index >= 15 is 0 Å². The molecule has 0 radical (unpaired) electrons. The lowest BCUT2D eigenvalue weighted by molar-refractivity contribution is 0.174. The predicted octanol–water partition coefficient (Wildman–Crippen LogP) is 5.33. The summed E-state index contributed by atoms with van der Waals surface area (Å²) in [5.74, 6) is 1.61. The molecule has 0 aliphatic carbocycles. The van der Waals surface area contributed by atoms with Gasteiger partial charge in [-0.1, -0.05) is 48.5 Å². The lowest BCUT2D eigenvalue weighted by Crippen LogP contribution is -2.01. The van der Waals surface area contributed by atoms with Gasteiger partial charge < -0.3 is 14.8 Å². The van der Waals surface area contributed by atoms with E-state index in [1.807, 2.05) is 18.2 Å². The summed E-state index contributed by atoms with van der Waals surface area (Å²) in [5, 5.41) is 8.65. The van der Waals surface area contributed by atoms with Gasteiger partial charge in [-0.05, 0) is 45.3 Å². The summed E-state index contributed by atoms with van der Waals surface area (Å²) < 4.78 is 10.9. The van der Waals surface area contributed by atoms with Gasteiger partial charge >= 0.3 is 0 Å². The van der Waals surface area contributed by atoms with E-state index in [2.05, 4.69) is 59.9 Å². The first-order valence-electron chi connectivity index (χ1n) is 8.41. The monoisotopic (exact) mass is 327 g/mol. The van der Waals surface area contributed by atoms with Crippen molar-refractivity contribution in [1.82, 2.24) is 0 Å². The number of anilines is 1. The molecule has 4 aromatic rings. The van der Waals surface area contributed by atoms with Crippen molar-refractivity contribution in [1.29, 1.82) is 0 Å². The highest BCUT2D eigenvalue weighted by molar-refractivity contribution is 6.02. The molecule has 0 saturated heterocycles. The summed E-state index contributed by atoms with van der Waals surface area (Å²) in [4.78, 5) is 0. The Morgan fingerprint density at radius 1 is 0.720 bits per heavy atom. The van der Waals surface area contributed by atoms with Crippen LogP contribution in [0.15, 0.2) is 72.8 Å². The van der Waals surface area contributed by atoms with Crippen LogP contribution in [-0.2, 0) is 6.54 Å². The van der Waals surface area contributed by atoms with E-state index in [0.29, 0.717) is 6.79 Å². The molecule has 0 aromatic heterocycles. The normalized spacial score (nSPS) is 12.6. The molecular weight excluding hydrogens is 310 g/mol. The second kappa shape index (κ2) is 5.71. The molecule has 0 amide bonds. The SMILES string of the molecule is c1ccc2c(CNc3ccc4c(c3)OCO4)c3ccccc3cc2c1. The highest BCUT2D eigenvalue weighted by atomic mass is 16.7. The van der Waals surface area contributed by atoms with Crippen LogP contribution in [0.5, 0.6) is 11.5 Å². The van der Waals surface area contributed by atoms with Gasteiger partial charge in [-0.15, -0.1) is 0 Å². The standard InChI is InChI=1S/C22H17NO2/c1-3-7-18-15(5-1)11-16-6-2-4-8-19(16)20(18)13-23-17-9-10-21-22(12-17)25-14-24-21/h1-12,23H,13-14H2. The molecule has 0 fully saturated rings. The Labute approximate surface area is 145 Å². The van der Waals surface area contributed by atoms with Crippen molar-refractivity contribution >= 4 is 27.2 Å². The summed E-state index contributed by atoms with van der Waals surface area (Å²) in [6, 6.07) is 25.3. The molecule has 1 aliphatic rings. The Balaban J connectivity index is 1.57. The van der Waals surface area contributed by atoms with Crippen molar-refractivity contribution in [3.8, 4) is 11.5 Å². The average molecular weight is 327 g/mol. The molecule has 0 spiro atoms. The number of hydrogen-bond donors (Lipinski definition) is 1. The van der Waals surface area contributed by atoms with Gasteiger partial charge in [0, 0.05) is 18.3 Å². The van der Waals surface area contributed by atoms with Crippen LogP contribution in [0.4, 0.5) is 5.69 Å². The average Bonchev–Trinajstić information content (AvgIpc) is 3.13. The quantitative estimate of drug-likeness (QED) is 0.516. The third-order valence-electron chi connectivity index (χ3n) is 4.72. The van der Waals surface area contributed by atoms with Crippen LogP contribution >= 0.6 is 0 Å². The first-order chi connectivity index (χ1) is 12.4. The van der Waals surface area contributed by atoms with E-state index in [1.165, 1.54) is 27.1 Å². The van der Waals surface area contributed by atoms with Crippen LogP contribution in [0, 0.1) is 0 Å². The van der Waals surface area contributed by atoms with E-state index in [1.54, 1.807) is 0 Å². The van der Waals surface area contributed by atoms with Crippen molar-refractivity contribution < 1.29 is 9.47 Å². The van der Waals surface area contributed by atoms with E-state index < -0.39 is 0 Å². The lowest BCUT2D eigenvalue weighted by Gasteiger charge is -2.13. The van der Waals surface area contributed by atoms with Crippen LogP contribution in [0.25, 0.3) is 21.5 Å². The minimum atomic E-state index is 0.298. The van der Waals surface area contributed by atoms with Gasteiger partial charge in [-0.3, -0.25) is 0 Å². The Morgan fingerprint density at radius 2 is 1.40 bits per heavy atom. The molecule has 0 bridgehead atoms. The van der Waals surface area contributed by atoms with Gasteiger partial charge in [0.2, 0.25) is 6.79 Å². The largest absolute Gasteiger partial charge is 0.454 e. The maximum Gasteiger partial charge on any atom is 0.231 e. The van der Waals surface area contributed by atoms with E-state index in [4.69, 9.17) is 9.47 Å². The number of nitrogens with one attached hydrogen (secondary N) is 1. The Hall–Kier alpha value is -3.20. The second-order valence-electron chi connectivity index (χ2n) is 6.22. The zero-order valence-electron chi connectivity index (χ0n) is 13.7. The fraction of sp³-hybridized carbons (Fsp3) is 0.0909. The van der Waals surface area contributed by atoms with Crippen LogP contribution in [0.3, 0.4) is 0 Å². The van der Waals surface area contributed by atoms with E-state index in [9.17, 15) is 0 Å². The van der Waals surface area contributed by atoms with Crippen molar-refractivity contribution in [3.05, 3.63) is 78.4 Å². The minimum absolute atomic E-state index is 0.298. The minimum Gasteiger partial charge on any atom is -0.454 e. The number of rotatable bonds is 3. The Kier molecular flexibility index (Phi) is 3.23. The van der Waals surface area contributed by atoms with Crippen molar-refractivity contribution in [2.75, 3.05) is 12.1 Å². The molecule has 0 saturated carbocycles. The first kappa shape index (κ1) is 14.2. The molecular formula is C22H17NO2. The number of ether oxygens (including phenoxy) is 2. The van der Waals surface area contributed by atoms with E-state index in [0.717, 1.165) is 23.7 Å². The maximum absolute atomic E-state index is 5.47. The third-order valence-corrected chi connectivity index (χ3v) is 4.72. The summed E-state index contributed by atoms with van der Waals surface area (Å²) in [6.45, 7) is 1.05. The molecule has 4 aromatic carbocycles. The zero-order valence-corrected chi connectivity index (χ0v) is 13.7. The molecule has 122 valence electrons. The zero-order chi connectivity index (χ0) is 16.6. The van der Waals surface area contributed by atoms with Crippen molar-refractivity contribution in [2.24, 2.45) is 0 Å². The molecule has 5 rings (SSSR count). The number of hydrogen-bond acceptors (Lipinski definition) is 3. The topological polar surface area (TPSA) is 30.5 Å². The van der Waals surface area contributed by atoms with Crippen molar-refractivity contribution in [2.45, 2.75) is 6.54 Å². The van der Waals surface area contributed by atoms with Gasteiger partial charge in [0.1, 0.15) is 0 Å². The van der Waals surface area contributed by atoms with Crippen LogP contribution in [0.2, 0.25) is 0 Å².